The molecule has 0 bridgehead atoms. The van der Waals surface area contributed by atoms with Gasteiger partial charge in [-0.3, -0.25) is 9.36 Å². The van der Waals surface area contributed by atoms with Crippen molar-refractivity contribution in [3.05, 3.63) is 90.0 Å². The number of aromatic nitrogens is 6. The first-order chi connectivity index (χ1) is 19.0. The van der Waals surface area contributed by atoms with Crippen molar-refractivity contribution < 1.29 is 31.1 Å². The van der Waals surface area contributed by atoms with Gasteiger partial charge in [-0.1, -0.05) is 38.1 Å². The second kappa shape index (κ2) is 11.9. The monoisotopic (exact) mass is 564 g/mol. The van der Waals surface area contributed by atoms with Crippen LogP contribution in [0.4, 0.5) is 26.3 Å². The Morgan fingerprint density at radius 1 is 0.950 bits per heavy atom. The number of hydrogen-bond donors (Lipinski definition) is 0. The Bertz CT molecular complexity index is 1420. The standard InChI is InChI=1S/C27H26F6N6O/c1-18(2)26(12-38-16-34-15-36-38,22-9-6-20(28)11-23(22)29)13-39-17-35-24(37-39)10-5-19-3-7-21(8-4-19)40-14-27(32,33)25(30)31/h3-11,15-18,25H,12-14H2,1-2H3/b10-5+. The topological polar surface area (TPSA) is 70.7 Å². The molecule has 4 rings (SSSR count). The molecule has 0 aliphatic heterocycles. The maximum absolute atomic E-state index is 15.1. The zero-order valence-electron chi connectivity index (χ0n) is 21.6. The van der Waals surface area contributed by atoms with E-state index in [1.165, 1.54) is 43.2 Å². The Morgan fingerprint density at radius 3 is 2.30 bits per heavy atom. The summed E-state index contributed by atoms with van der Waals surface area (Å²) < 4.78 is 87.4. The van der Waals surface area contributed by atoms with Crippen molar-refractivity contribution in [3.63, 3.8) is 0 Å². The molecule has 1 unspecified atom stereocenters. The second-order valence-corrected chi connectivity index (χ2v) is 9.58. The average Bonchev–Trinajstić information content (AvgIpc) is 3.58. The van der Waals surface area contributed by atoms with Crippen LogP contribution in [-0.4, -0.2) is 48.5 Å². The highest BCUT2D eigenvalue weighted by atomic mass is 19.3. The average molecular weight is 565 g/mol. The Balaban J connectivity index is 1.52. The summed E-state index contributed by atoms with van der Waals surface area (Å²) in [5.74, 6) is -5.38. The van der Waals surface area contributed by atoms with Crippen molar-refractivity contribution in [2.75, 3.05) is 6.61 Å². The van der Waals surface area contributed by atoms with Crippen LogP contribution >= 0.6 is 0 Å². The van der Waals surface area contributed by atoms with Gasteiger partial charge in [-0.2, -0.15) is 19.0 Å². The maximum atomic E-state index is 15.1. The number of ether oxygens (including phenoxy) is 1. The van der Waals surface area contributed by atoms with Crippen LogP contribution in [0, 0.1) is 17.6 Å². The molecule has 2 aromatic heterocycles. The summed E-state index contributed by atoms with van der Waals surface area (Å²) in [5, 5.41) is 8.66. The van der Waals surface area contributed by atoms with Gasteiger partial charge in [0.2, 0.25) is 0 Å². The third-order valence-corrected chi connectivity index (χ3v) is 6.54. The van der Waals surface area contributed by atoms with Gasteiger partial charge < -0.3 is 4.74 Å². The quantitative estimate of drug-likeness (QED) is 0.201. The zero-order chi connectivity index (χ0) is 28.9. The Labute approximate surface area is 226 Å². The van der Waals surface area contributed by atoms with Crippen LogP contribution < -0.4 is 4.74 Å². The summed E-state index contributed by atoms with van der Waals surface area (Å²) in [5.41, 5.74) is 0.0675. The van der Waals surface area contributed by atoms with Gasteiger partial charge in [-0.05, 0) is 41.3 Å². The molecule has 212 valence electrons. The van der Waals surface area contributed by atoms with Crippen LogP contribution in [0.15, 0.2) is 61.4 Å². The summed E-state index contributed by atoms with van der Waals surface area (Å²) >= 11 is 0. The molecule has 0 saturated heterocycles. The van der Waals surface area contributed by atoms with E-state index >= 15 is 4.39 Å². The predicted molar refractivity (Wildman–Crippen MR) is 135 cm³/mol. The van der Waals surface area contributed by atoms with E-state index in [9.17, 15) is 22.0 Å². The van der Waals surface area contributed by atoms with E-state index in [2.05, 4.69) is 20.2 Å². The number of rotatable bonds is 12. The molecule has 0 fully saturated rings. The third kappa shape index (κ3) is 6.69. The highest BCUT2D eigenvalue weighted by Crippen LogP contribution is 2.38. The van der Waals surface area contributed by atoms with E-state index < -0.39 is 36.0 Å². The van der Waals surface area contributed by atoms with E-state index in [0.29, 0.717) is 17.0 Å². The van der Waals surface area contributed by atoms with Gasteiger partial charge in [0.05, 0.1) is 13.1 Å². The lowest BCUT2D eigenvalue weighted by Gasteiger charge is -2.38. The molecule has 0 N–H and O–H groups in total. The number of halogens is 6. The molecular formula is C27H26F6N6O. The molecule has 0 amide bonds. The molecule has 0 saturated carbocycles. The number of hydrogen-bond acceptors (Lipinski definition) is 5. The van der Waals surface area contributed by atoms with Crippen LogP contribution in [0.25, 0.3) is 12.2 Å². The summed E-state index contributed by atoms with van der Waals surface area (Å²) in [6.07, 6.45) is 3.87. The minimum atomic E-state index is -4.24. The van der Waals surface area contributed by atoms with E-state index in [4.69, 9.17) is 4.74 Å². The molecule has 40 heavy (non-hydrogen) atoms. The van der Waals surface area contributed by atoms with Gasteiger partial charge in [0, 0.05) is 11.5 Å². The van der Waals surface area contributed by atoms with E-state index in [0.717, 1.165) is 6.07 Å². The highest BCUT2D eigenvalue weighted by Gasteiger charge is 2.42. The summed E-state index contributed by atoms with van der Waals surface area (Å²) in [6, 6.07) is 9.38. The molecule has 13 heteroatoms. The van der Waals surface area contributed by atoms with Crippen LogP contribution in [-0.2, 0) is 18.5 Å². The normalized spacial score (nSPS) is 13.8. The van der Waals surface area contributed by atoms with Crippen LogP contribution in [0.2, 0.25) is 0 Å². The molecule has 2 heterocycles. The Kier molecular flexibility index (Phi) is 8.60. The van der Waals surface area contributed by atoms with Gasteiger partial charge in [0.25, 0.3) is 0 Å². The van der Waals surface area contributed by atoms with Gasteiger partial charge >= 0.3 is 12.3 Å². The molecule has 4 aromatic rings. The highest BCUT2D eigenvalue weighted by molar-refractivity contribution is 5.66. The fourth-order valence-corrected chi connectivity index (χ4v) is 4.23. The van der Waals surface area contributed by atoms with Crippen molar-refractivity contribution in [2.24, 2.45) is 5.92 Å². The smallest absolute Gasteiger partial charge is 0.340 e. The molecule has 0 radical (unpaired) electrons. The van der Waals surface area contributed by atoms with Gasteiger partial charge in [-0.15, -0.1) is 0 Å². The lowest BCUT2D eigenvalue weighted by Crippen LogP contribution is -2.42. The number of benzene rings is 2. The summed E-state index contributed by atoms with van der Waals surface area (Å²) in [7, 11) is 0. The Morgan fingerprint density at radius 2 is 1.68 bits per heavy atom. The SMILES string of the molecule is CC(C)C(Cn1cncn1)(Cn1cnc(/C=C/c2ccc(OCC(F)(F)C(F)F)cc2)n1)c1ccc(F)cc1F. The van der Waals surface area contributed by atoms with Crippen molar-refractivity contribution in [3.8, 4) is 5.75 Å². The number of alkyl halides is 4. The third-order valence-electron chi connectivity index (χ3n) is 6.54. The van der Waals surface area contributed by atoms with Crippen LogP contribution in [0.1, 0.15) is 30.8 Å². The zero-order valence-corrected chi connectivity index (χ0v) is 21.6. The lowest BCUT2D eigenvalue weighted by atomic mass is 9.71. The molecule has 1 atom stereocenters. The maximum Gasteiger partial charge on any atom is 0.340 e. The minimum Gasteiger partial charge on any atom is -0.487 e. The fraction of sp³-hybridized carbons (Fsp3) is 0.333. The minimum absolute atomic E-state index is 0.0188. The second-order valence-electron chi connectivity index (χ2n) is 9.58. The first-order valence-electron chi connectivity index (χ1n) is 12.2. The van der Waals surface area contributed by atoms with Crippen LogP contribution in [0.5, 0.6) is 5.75 Å². The Hall–Kier alpha value is -4.16. The largest absolute Gasteiger partial charge is 0.487 e. The molecule has 0 aliphatic carbocycles. The predicted octanol–water partition coefficient (Wildman–Crippen LogP) is 5.89. The molecule has 0 spiro atoms. The summed E-state index contributed by atoms with van der Waals surface area (Å²) in [4.78, 5) is 8.27. The van der Waals surface area contributed by atoms with E-state index in [1.807, 2.05) is 13.8 Å². The first-order valence-corrected chi connectivity index (χ1v) is 12.2. The number of nitrogens with zero attached hydrogens (tertiary/aromatic N) is 6. The summed E-state index contributed by atoms with van der Waals surface area (Å²) in [6.45, 7) is 2.87. The lowest BCUT2D eigenvalue weighted by molar-refractivity contribution is -0.148. The molecule has 2 aromatic carbocycles. The van der Waals surface area contributed by atoms with Crippen molar-refractivity contribution in [1.29, 1.82) is 0 Å². The van der Waals surface area contributed by atoms with E-state index in [1.54, 1.807) is 33.6 Å². The molecular weight excluding hydrogens is 538 g/mol. The van der Waals surface area contributed by atoms with Crippen LogP contribution in [0.3, 0.4) is 0 Å². The van der Waals surface area contributed by atoms with Crippen molar-refractivity contribution in [1.82, 2.24) is 29.5 Å². The van der Waals surface area contributed by atoms with Gasteiger partial charge in [0.1, 0.15) is 36.4 Å². The van der Waals surface area contributed by atoms with E-state index in [-0.39, 0.29) is 24.8 Å². The van der Waals surface area contributed by atoms with Gasteiger partial charge in [-0.25, -0.2) is 27.5 Å². The van der Waals surface area contributed by atoms with Crippen molar-refractivity contribution >= 4 is 12.2 Å². The van der Waals surface area contributed by atoms with Crippen molar-refractivity contribution in [2.45, 2.75) is 44.7 Å². The first kappa shape index (κ1) is 28.8. The molecule has 7 nitrogen and oxygen atoms in total. The van der Waals surface area contributed by atoms with Gasteiger partial charge in [0.15, 0.2) is 12.4 Å². The molecule has 0 aliphatic rings. The fourth-order valence-electron chi connectivity index (χ4n) is 4.23.